The highest BCUT2D eigenvalue weighted by molar-refractivity contribution is 7.11. The zero-order valence-corrected chi connectivity index (χ0v) is 14.0. The van der Waals surface area contributed by atoms with Crippen molar-refractivity contribution >= 4 is 22.4 Å². The molecule has 20 heavy (non-hydrogen) atoms. The van der Waals surface area contributed by atoms with Crippen LogP contribution in [0.3, 0.4) is 0 Å². The Balaban J connectivity index is 3.05. The second-order valence-corrected chi connectivity index (χ2v) is 5.78. The molecule has 0 aliphatic carbocycles. The van der Waals surface area contributed by atoms with E-state index in [4.69, 9.17) is 15.2 Å². The molecule has 1 rings (SSSR count). The first kappa shape index (κ1) is 17.0. The first-order chi connectivity index (χ1) is 9.54. The Labute approximate surface area is 126 Å². The lowest BCUT2D eigenvalue weighted by atomic mass is 10.1. The van der Waals surface area contributed by atoms with E-state index in [1.807, 2.05) is 13.8 Å². The van der Waals surface area contributed by atoms with Crippen LogP contribution in [-0.2, 0) is 4.74 Å². The van der Waals surface area contributed by atoms with Crippen LogP contribution in [0.4, 0.5) is 10.8 Å². The molecule has 1 heterocycles. The fourth-order valence-electron chi connectivity index (χ4n) is 2.18. The van der Waals surface area contributed by atoms with E-state index in [1.165, 1.54) is 11.5 Å². The summed E-state index contributed by atoms with van der Waals surface area (Å²) in [4.78, 5) is 2.31. The van der Waals surface area contributed by atoms with Gasteiger partial charge in [-0.05, 0) is 38.2 Å². The molecule has 0 fully saturated rings. The van der Waals surface area contributed by atoms with E-state index in [-0.39, 0.29) is 6.10 Å². The second kappa shape index (κ2) is 8.32. The van der Waals surface area contributed by atoms with Gasteiger partial charge in [0.25, 0.3) is 0 Å². The fourth-order valence-corrected chi connectivity index (χ4v) is 3.03. The van der Waals surface area contributed by atoms with E-state index in [0.717, 1.165) is 24.4 Å². The third-order valence-corrected chi connectivity index (χ3v) is 4.07. The molecule has 6 heteroatoms. The summed E-state index contributed by atoms with van der Waals surface area (Å²) in [5.74, 6) is 1.19. The number of hydrogen-bond donors (Lipinski definition) is 1. The molecule has 0 amide bonds. The van der Waals surface area contributed by atoms with Crippen LogP contribution in [0.15, 0.2) is 0 Å². The maximum Gasteiger partial charge on any atom is 0.198 e. The average Bonchev–Trinajstić information content (AvgIpc) is 2.76. The van der Waals surface area contributed by atoms with E-state index in [1.54, 1.807) is 7.11 Å². The molecule has 0 spiro atoms. The Bertz CT molecular complexity index is 392. The molecule has 0 saturated carbocycles. The lowest BCUT2D eigenvalue weighted by molar-refractivity contribution is 0.202. The molecule has 0 saturated heterocycles. The molecular weight excluding hydrogens is 274 g/mol. The van der Waals surface area contributed by atoms with Crippen LogP contribution in [0.5, 0.6) is 5.75 Å². The van der Waals surface area contributed by atoms with Crippen LogP contribution in [0.2, 0.25) is 0 Å². The first-order valence-corrected chi connectivity index (χ1v) is 7.99. The Hall–Kier alpha value is -1.01. The van der Waals surface area contributed by atoms with Gasteiger partial charge in [-0.1, -0.05) is 13.8 Å². The van der Waals surface area contributed by atoms with Gasteiger partial charge >= 0.3 is 0 Å². The van der Waals surface area contributed by atoms with Crippen molar-refractivity contribution in [2.24, 2.45) is 0 Å². The van der Waals surface area contributed by atoms with Crippen LogP contribution in [0.1, 0.15) is 40.5 Å². The van der Waals surface area contributed by atoms with Crippen molar-refractivity contribution < 1.29 is 9.47 Å². The van der Waals surface area contributed by atoms with Crippen LogP contribution in [0, 0.1) is 0 Å². The van der Waals surface area contributed by atoms with E-state index in [0.29, 0.717) is 24.2 Å². The SMILES string of the molecule is CCC(CC)N(CCOC)c1snc(N)c1OC(C)C. The minimum absolute atomic E-state index is 0.0819. The Kier molecular flexibility index (Phi) is 7.09. The molecular formula is C14H27N3O2S. The van der Waals surface area contributed by atoms with Crippen LogP contribution >= 0.6 is 11.5 Å². The van der Waals surface area contributed by atoms with Gasteiger partial charge in [-0.15, -0.1) is 0 Å². The fraction of sp³-hybridized carbons (Fsp3) is 0.786. The summed E-state index contributed by atoms with van der Waals surface area (Å²) in [6.07, 6.45) is 2.22. The second-order valence-electron chi connectivity index (χ2n) is 5.03. The van der Waals surface area contributed by atoms with Crippen molar-refractivity contribution in [3.8, 4) is 5.75 Å². The van der Waals surface area contributed by atoms with Gasteiger partial charge in [-0.2, -0.15) is 4.37 Å². The number of methoxy groups -OCH3 is 1. The molecule has 0 aromatic carbocycles. The third-order valence-electron chi connectivity index (χ3n) is 3.19. The highest BCUT2D eigenvalue weighted by Gasteiger charge is 2.24. The number of hydrogen-bond acceptors (Lipinski definition) is 6. The number of rotatable bonds is 9. The van der Waals surface area contributed by atoms with Gasteiger partial charge in [0, 0.05) is 19.7 Å². The summed E-state index contributed by atoms with van der Waals surface area (Å²) < 4.78 is 15.3. The molecule has 0 aliphatic rings. The van der Waals surface area contributed by atoms with Gasteiger partial charge in [0.05, 0.1) is 12.7 Å². The predicted octanol–water partition coefficient (Wildman–Crippen LogP) is 3.15. The van der Waals surface area contributed by atoms with Crippen LogP contribution < -0.4 is 15.4 Å². The van der Waals surface area contributed by atoms with Crippen LogP contribution in [0.25, 0.3) is 0 Å². The maximum absolute atomic E-state index is 5.96. The van der Waals surface area contributed by atoms with Crippen molar-refractivity contribution in [3.63, 3.8) is 0 Å². The molecule has 0 atom stereocenters. The number of ether oxygens (including phenoxy) is 2. The van der Waals surface area contributed by atoms with Gasteiger partial charge in [0.15, 0.2) is 16.6 Å². The van der Waals surface area contributed by atoms with Crippen molar-refractivity contribution in [3.05, 3.63) is 0 Å². The van der Waals surface area contributed by atoms with E-state index in [9.17, 15) is 0 Å². The zero-order chi connectivity index (χ0) is 15.1. The van der Waals surface area contributed by atoms with Gasteiger partial charge in [-0.25, -0.2) is 0 Å². The lowest BCUT2D eigenvalue weighted by Gasteiger charge is -2.31. The Morgan fingerprint density at radius 3 is 2.45 bits per heavy atom. The Morgan fingerprint density at radius 2 is 1.95 bits per heavy atom. The van der Waals surface area contributed by atoms with Crippen molar-refractivity contribution in [2.45, 2.75) is 52.7 Å². The molecule has 0 radical (unpaired) electrons. The monoisotopic (exact) mass is 301 g/mol. The summed E-state index contributed by atoms with van der Waals surface area (Å²) in [5, 5.41) is 1.02. The summed E-state index contributed by atoms with van der Waals surface area (Å²) in [5.41, 5.74) is 5.96. The third kappa shape index (κ3) is 4.24. The molecule has 0 aliphatic heterocycles. The quantitative estimate of drug-likeness (QED) is 0.759. The highest BCUT2D eigenvalue weighted by atomic mass is 32.1. The maximum atomic E-state index is 5.96. The predicted molar refractivity (Wildman–Crippen MR) is 85.9 cm³/mol. The summed E-state index contributed by atoms with van der Waals surface area (Å²) in [7, 11) is 1.72. The minimum atomic E-state index is 0.0819. The topological polar surface area (TPSA) is 60.6 Å². The summed E-state index contributed by atoms with van der Waals surface area (Å²) in [6, 6.07) is 0.444. The van der Waals surface area contributed by atoms with Crippen molar-refractivity contribution in [1.82, 2.24) is 4.37 Å². The smallest absolute Gasteiger partial charge is 0.198 e. The number of nitrogen functional groups attached to an aromatic ring is 1. The number of anilines is 2. The Morgan fingerprint density at radius 1 is 1.30 bits per heavy atom. The largest absolute Gasteiger partial charge is 0.484 e. The van der Waals surface area contributed by atoms with Gasteiger partial charge in [-0.3, -0.25) is 0 Å². The van der Waals surface area contributed by atoms with Gasteiger partial charge in [0.2, 0.25) is 0 Å². The van der Waals surface area contributed by atoms with Gasteiger partial charge < -0.3 is 20.1 Å². The number of nitrogens with zero attached hydrogens (tertiary/aromatic N) is 2. The molecule has 116 valence electrons. The van der Waals surface area contributed by atoms with Crippen molar-refractivity contribution in [2.75, 3.05) is 30.9 Å². The lowest BCUT2D eigenvalue weighted by Crippen LogP contribution is -2.37. The normalized spacial score (nSPS) is 11.3. The zero-order valence-electron chi connectivity index (χ0n) is 13.2. The molecule has 1 aromatic heterocycles. The van der Waals surface area contributed by atoms with E-state index < -0.39 is 0 Å². The summed E-state index contributed by atoms with van der Waals surface area (Å²) in [6.45, 7) is 9.88. The standard InChI is InChI=1S/C14H27N3O2S/c1-6-11(7-2)17(8-9-18-5)14-12(19-10(3)4)13(15)16-20-14/h10-11H,6-9H2,1-5H3,(H2,15,16). The van der Waals surface area contributed by atoms with E-state index >= 15 is 0 Å². The van der Waals surface area contributed by atoms with Gasteiger partial charge in [0.1, 0.15) is 0 Å². The van der Waals surface area contributed by atoms with E-state index in [2.05, 4.69) is 23.1 Å². The molecule has 1 aromatic rings. The van der Waals surface area contributed by atoms with Crippen molar-refractivity contribution in [1.29, 1.82) is 0 Å². The molecule has 2 N–H and O–H groups in total. The number of aromatic nitrogens is 1. The highest BCUT2D eigenvalue weighted by Crippen LogP contribution is 2.40. The summed E-state index contributed by atoms with van der Waals surface area (Å²) >= 11 is 1.41. The molecule has 0 unspecified atom stereocenters. The minimum Gasteiger partial charge on any atom is -0.484 e. The molecule has 5 nitrogen and oxygen atoms in total. The first-order valence-electron chi connectivity index (χ1n) is 7.22. The average molecular weight is 301 g/mol. The molecule has 0 bridgehead atoms. The van der Waals surface area contributed by atoms with Crippen LogP contribution in [-0.4, -0.2) is 36.8 Å². The number of nitrogens with two attached hydrogens (primary N) is 1.